The third-order valence-corrected chi connectivity index (χ3v) is 6.05. The lowest BCUT2D eigenvalue weighted by molar-refractivity contribution is -0.173. The molecule has 2 aromatic rings. The second kappa shape index (κ2) is 10.1. The number of ether oxygens (including phenoxy) is 2. The second-order valence-electron chi connectivity index (χ2n) is 8.04. The number of anilines is 1. The fourth-order valence-electron chi connectivity index (χ4n) is 4.02. The quantitative estimate of drug-likeness (QED) is 0.369. The van der Waals surface area contributed by atoms with Crippen LogP contribution in [0.5, 0.6) is 5.75 Å². The van der Waals surface area contributed by atoms with Crippen LogP contribution in [0.4, 0.5) is 19.0 Å². The lowest BCUT2D eigenvalue weighted by Gasteiger charge is -2.34. The minimum absolute atomic E-state index is 0.0214. The van der Waals surface area contributed by atoms with Gasteiger partial charge in [-0.1, -0.05) is 12.1 Å². The van der Waals surface area contributed by atoms with E-state index in [1.165, 1.54) is 7.11 Å². The molecule has 4 rings (SSSR count). The maximum Gasteiger partial charge on any atom is 0.410 e. The van der Waals surface area contributed by atoms with Crippen molar-refractivity contribution in [2.75, 3.05) is 25.6 Å². The summed E-state index contributed by atoms with van der Waals surface area (Å²) in [6, 6.07) is 4.15. The van der Waals surface area contributed by atoms with E-state index in [9.17, 15) is 18.0 Å². The maximum absolute atomic E-state index is 13.8. The monoisotopic (exact) mass is 498 g/mol. The molecule has 0 bridgehead atoms. The van der Waals surface area contributed by atoms with Crippen LogP contribution in [-0.2, 0) is 4.74 Å². The number of hydrazine groups is 1. The van der Waals surface area contributed by atoms with Crippen molar-refractivity contribution in [1.82, 2.24) is 25.9 Å². The third-order valence-electron chi connectivity index (χ3n) is 5.81. The number of hydrogen-bond donors (Lipinski definition) is 4. The van der Waals surface area contributed by atoms with Crippen molar-refractivity contribution in [3.63, 3.8) is 0 Å². The smallest absolute Gasteiger partial charge is 0.410 e. The molecule has 3 heterocycles. The van der Waals surface area contributed by atoms with Crippen molar-refractivity contribution < 1.29 is 27.4 Å². The van der Waals surface area contributed by atoms with Gasteiger partial charge in [0.25, 0.3) is 5.91 Å². The highest BCUT2D eigenvalue weighted by Gasteiger charge is 2.47. The van der Waals surface area contributed by atoms with Crippen molar-refractivity contribution in [3.8, 4) is 5.75 Å². The van der Waals surface area contributed by atoms with Crippen LogP contribution in [0, 0.1) is 0 Å². The molecule has 2 aliphatic rings. The Kier molecular flexibility index (Phi) is 7.12. The predicted octanol–water partition coefficient (Wildman–Crippen LogP) is 2.84. The first kappa shape index (κ1) is 24.1. The van der Waals surface area contributed by atoms with Crippen molar-refractivity contribution in [3.05, 3.63) is 41.6 Å². The number of rotatable bonds is 5. The molecule has 1 aromatic carbocycles. The Labute approximate surface area is 199 Å². The largest absolute Gasteiger partial charge is 0.497 e. The Balaban J connectivity index is 1.47. The standard InChI is InChI=1S/C21H25F3N6O3S/c1-32-13-6-4-12(5-7-13)16-9-17(21(22,23)24)30-18(27-16)15(11-26-30)19(31)28-29-20(34)25-10-14-3-2-8-33-14/h4-7,11,14,16-17,27H,2-3,8-10H2,1H3,(H,28,31)(H2,25,29,34)/t14-,16+,17+/m1/s1. The maximum atomic E-state index is 13.8. The minimum atomic E-state index is -4.55. The minimum Gasteiger partial charge on any atom is -0.497 e. The summed E-state index contributed by atoms with van der Waals surface area (Å²) < 4.78 is 53.0. The van der Waals surface area contributed by atoms with E-state index in [4.69, 9.17) is 21.7 Å². The molecular weight excluding hydrogens is 473 g/mol. The molecule has 0 saturated carbocycles. The van der Waals surface area contributed by atoms with E-state index >= 15 is 0 Å². The average Bonchev–Trinajstić information content (AvgIpc) is 3.50. The number of methoxy groups -OCH3 is 1. The SMILES string of the molecule is COc1ccc([C@@H]2C[C@@H](C(F)(F)F)n3ncc(C(=O)NNC(=S)NC[C@H]4CCCO4)c3N2)cc1. The van der Waals surface area contributed by atoms with Gasteiger partial charge in [-0.15, -0.1) is 0 Å². The highest BCUT2D eigenvalue weighted by molar-refractivity contribution is 7.80. The van der Waals surface area contributed by atoms with Crippen molar-refractivity contribution in [2.45, 2.75) is 43.6 Å². The number of benzene rings is 1. The summed E-state index contributed by atoms with van der Waals surface area (Å²) in [7, 11) is 1.51. The Bertz CT molecular complexity index is 1020. The van der Waals surface area contributed by atoms with Gasteiger partial charge in [0.2, 0.25) is 0 Å². The fraction of sp³-hybridized carbons (Fsp3) is 0.476. The van der Waals surface area contributed by atoms with Gasteiger partial charge in [0.05, 0.1) is 25.5 Å². The first-order valence-electron chi connectivity index (χ1n) is 10.8. The Morgan fingerprint density at radius 1 is 1.32 bits per heavy atom. The number of fused-ring (bicyclic) bond motifs is 1. The highest BCUT2D eigenvalue weighted by Crippen LogP contribution is 2.44. The average molecular weight is 499 g/mol. The molecule has 1 fully saturated rings. The number of nitrogens with one attached hydrogen (secondary N) is 4. The number of halogens is 3. The van der Waals surface area contributed by atoms with Gasteiger partial charge in [-0.2, -0.15) is 18.3 Å². The van der Waals surface area contributed by atoms with E-state index < -0.39 is 24.2 Å². The van der Waals surface area contributed by atoms with Gasteiger partial charge < -0.3 is 20.1 Å². The van der Waals surface area contributed by atoms with Crippen LogP contribution in [0.3, 0.4) is 0 Å². The molecule has 13 heteroatoms. The molecule has 0 radical (unpaired) electrons. The number of carbonyl (C=O) groups is 1. The second-order valence-corrected chi connectivity index (χ2v) is 8.45. The zero-order valence-corrected chi connectivity index (χ0v) is 19.1. The van der Waals surface area contributed by atoms with Crippen LogP contribution in [0.1, 0.15) is 47.3 Å². The topological polar surface area (TPSA) is 101 Å². The van der Waals surface area contributed by atoms with E-state index in [2.05, 4.69) is 26.6 Å². The van der Waals surface area contributed by atoms with Gasteiger partial charge in [0.1, 0.15) is 17.1 Å². The number of thiocarbonyl (C=S) groups is 1. The lowest BCUT2D eigenvalue weighted by Crippen LogP contribution is -2.48. The molecule has 1 amide bonds. The summed E-state index contributed by atoms with van der Waals surface area (Å²) in [5.41, 5.74) is 5.56. The van der Waals surface area contributed by atoms with Crippen molar-refractivity contribution in [1.29, 1.82) is 0 Å². The number of nitrogens with zero attached hydrogens (tertiary/aromatic N) is 2. The molecule has 4 N–H and O–H groups in total. The van der Waals surface area contributed by atoms with Gasteiger partial charge in [0, 0.05) is 19.6 Å². The van der Waals surface area contributed by atoms with E-state index in [1.54, 1.807) is 24.3 Å². The molecular formula is C21H25F3N6O3S. The number of alkyl halides is 3. The fourth-order valence-corrected chi connectivity index (χ4v) is 4.15. The van der Waals surface area contributed by atoms with E-state index in [0.717, 1.165) is 23.7 Å². The third kappa shape index (κ3) is 5.36. The first-order valence-corrected chi connectivity index (χ1v) is 11.2. The molecule has 0 aliphatic carbocycles. The van der Waals surface area contributed by atoms with Crippen LogP contribution < -0.4 is 26.2 Å². The number of carbonyl (C=O) groups excluding carboxylic acids is 1. The summed E-state index contributed by atoms with van der Waals surface area (Å²) in [6.45, 7) is 1.20. The van der Waals surface area contributed by atoms with Crippen LogP contribution in [0.15, 0.2) is 30.5 Å². The lowest BCUT2D eigenvalue weighted by atomic mass is 9.96. The van der Waals surface area contributed by atoms with Crippen molar-refractivity contribution in [2.24, 2.45) is 0 Å². The highest BCUT2D eigenvalue weighted by atomic mass is 32.1. The van der Waals surface area contributed by atoms with E-state index in [-0.39, 0.29) is 29.0 Å². The molecule has 184 valence electrons. The van der Waals surface area contributed by atoms with E-state index in [0.29, 0.717) is 24.5 Å². The van der Waals surface area contributed by atoms with Crippen molar-refractivity contribution >= 4 is 29.1 Å². The molecule has 9 nitrogen and oxygen atoms in total. The number of amides is 1. The van der Waals surface area contributed by atoms with E-state index in [1.807, 2.05) is 0 Å². The first-order chi connectivity index (χ1) is 16.3. The van der Waals surface area contributed by atoms with Crippen LogP contribution in [-0.4, -0.2) is 53.3 Å². The Morgan fingerprint density at radius 3 is 2.74 bits per heavy atom. The van der Waals surface area contributed by atoms with Gasteiger partial charge in [-0.3, -0.25) is 15.6 Å². The molecule has 34 heavy (non-hydrogen) atoms. The molecule has 1 aromatic heterocycles. The summed E-state index contributed by atoms with van der Waals surface area (Å²) in [4.78, 5) is 12.7. The summed E-state index contributed by atoms with van der Waals surface area (Å²) >= 11 is 5.14. The summed E-state index contributed by atoms with van der Waals surface area (Å²) in [6.07, 6.45) is -1.76. The zero-order chi connectivity index (χ0) is 24.3. The molecule has 0 unspecified atom stereocenters. The van der Waals surface area contributed by atoms with Crippen LogP contribution in [0.25, 0.3) is 0 Å². The van der Waals surface area contributed by atoms with Gasteiger partial charge in [-0.25, -0.2) is 4.68 Å². The predicted molar refractivity (Wildman–Crippen MR) is 121 cm³/mol. The molecule has 3 atom stereocenters. The van der Waals surface area contributed by atoms with Gasteiger partial charge in [-0.05, 0) is 42.8 Å². The summed E-state index contributed by atoms with van der Waals surface area (Å²) in [5, 5.41) is 10.0. The normalized spacial score (nSPS) is 21.8. The van der Waals surface area contributed by atoms with Gasteiger partial charge >= 0.3 is 6.18 Å². The Morgan fingerprint density at radius 2 is 2.09 bits per heavy atom. The number of aromatic nitrogens is 2. The molecule has 1 saturated heterocycles. The van der Waals surface area contributed by atoms with Gasteiger partial charge in [0.15, 0.2) is 11.2 Å². The molecule has 2 aliphatic heterocycles. The number of hydrogen-bond acceptors (Lipinski definition) is 6. The zero-order valence-electron chi connectivity index (χ0n) is 18.3. The van der Waals surface area contributed by atoms with Crippen LogP contribution in [0.2, 0.25) is 0 Å². The van der Waals surface area contributed by atoms with Crippen LogP contribution >= 0.6 is 12.2 Å². The summed E-state index contributed by atoms with van der Waals surface area (Å²) in [5.74, 6) is -0.106. The Hall–Kier alpha value is -3.06. The molecule has 0 spiro atoms.